The minimum Gasteiger partial charge on any atom is -0.144 e. The molecule has 9 rings (SSSR count). The normalized spacial score (nSPS) is 12.0. The van der Waals surface area contributed by atoms with Crippen LogP contribution in [0.4, 0.5) is 0 Å². The first-order valence-electron chi connectivity index (χ1n) is 13.6. The van der Waals surface area contributed by atoms with Gasteiger partial charge in [-0.15, -0.1) is 22.7 Å². The number of benzene rings is 7. The molecule has 0 bridgehead atoms. The van der Waals surface area contributed by atoms with Crippen LogP contribution in [-0.2, 0) is 0 Å². The van der Waals surface area contributed by atoms with Crippen LogP contribution in [0.3, 0.4) is 0 Å². The van der Waals surface area contributed by atoms with Crippen LogP contribution < -0.4 is 0 Å². The van der Waals surface area contributed by atoms with Crippen LogP contribution >= 0.6 is 22.7 Å². The van der Waals surface area contributed by atoms with E-state index in [0.717, 1.165) is 0 Å². The van der Waals surface area contributed by atoms with Crippen LogP contribution in [0.5, 0.6) is 0 Å². The van der Waals surface area contributed by atoms with Crippen LogP contribution in [0, 0.1) is 0 Å². The van der Waals surface area contributed by atoms with E-state index >= 15 is 0 Å². The summed E-state index contributed by atoms with van der Waals surface area (Å²) in [4.78, 5) is 0. The lowest BCUT2D eigenvalue weighted by Crippen LogP contribution is -1.91. The highest BCUT2D eigenvalue weighted by Gasteiger charge is 2.20. The molecule has 2 aromatic heterocycles. The Morgan fingerprint density at radius 1 is 0.425 bits per heavy atom. The molecule has 2 heterocycles. The molecule has 186 valence electrons. The molecule has 7 aromatic carbocycles. The van der Waals surface area contributed by atoms with Gasteiger partial charge >= 0.3 is 0 Å². The highest BCUT2D eigenvalue weighted by Crippen LogP contribution is 2.49. The molecular weight excluding hydrogens is 521 g/mol. The van der Waals surface area contributed by atoms with Crippen molar-refractivity contribution in [2.45, 2.75) is 0 Å². The molecule has 0 fully saturated rings. The highest BCUT2D eigenvalue weighted by atomic mass is 32.1. The SMILES string of the molecule is c1ccc2cc(-c3c4ccccc4c(-c4cccc5sc6c7ccsc7ccc6c45)c4ccccc34)ccc2c1. The van der Waals surface area contributed by atoms with E-state index in [1.165, 1.54) is 84.8 Å². The third kappa shape index (κ3) is 3.12. The maximum absolute atomic E-state index is 2.35. The van der Waals surface area contributed by atoms with Crippen LogP contribution in [0.2, 0.25) is 0 Å². The lowest BCUT2D eigenvalue weighted by atomic mass is 9.84. The van der Waals surface area contributed by atoms with E-state index in [1.807, 2.05) is 22.7 Å². The zero-order valence-corrected chi connectivity index (χ0v) is 23.2. The third-order valence-corrected chi connectivity index (χ3v) is 10.4. The van der Waals surface area contributed by atoms with Gasteiger partial charge in [-0.1, -0.05) is 103 Å². The Bertz CT molecular complexity index is 2380. The number of hydrogen-bond donors (Lipinski definition) is 0. The molecule has 0 saturated heterocycles. The van der Waals surface area contributed by atoms with E-state index in [-0.39, 0.29) is 0 Å². The van der Waals surface area contributed by atoms with E-state index < -0.39 is 0 Å². The Morgan fingerprint density at radius 3 is 1.90 bits per heavy atom. The van der Waals surface area contributed by atoms with Crippen LogP contribution in [0.1, 0.15) is 0 Å². The van der Waals surface area contributed by atoms with Gasteiger partial charge in [0.25, 0.3) is 0 Å². The Labute approximate surface area is 239 Å². The van der Waals surface area contributed by atoms with E-state index in [4.69, 9.17) is 0 Å². The summed E-state index contributed by atoms with van der Waals surface area (Å²) in [7, 11) is 0. The van der Waals surface area contributed by atoms with E-state index in [0.29, 0.717) is 0 Å². The molecular formula is C38H22S2. The quantitative estimate of drug-likeness (QED) is 0.191. The largest absolute Gasteiger partial charge is 0.144 e. The molecule has 0 spiro atoms. The average Bonchev–Trinajstić information content (AvgIpc) is 3.64. The van der Waals surface area contributed by atoms with Crippen molar-refractivity contribution in [3.63, 3.8) is 0 Å². The number of hydrogen-bond acceptors (Lipinski definition) is 2. The fraction of sp³-hybridized carbons (Fsp3) is 0. The molecule has 0 amide bonds. The maximum atomic E-state index is 2.35. The monoisotopic (exact) mass is 542 g/mol. The van der Waals surface area contributed by atoms with E-state index in [2.05, 4.69) is 133 Å². The lowest BCUT2D eigenvalue weighted by Gasteiger charge is -2.18. The summed E-state index contributed by atoms with van der Waals surface area (Å²) < 4.78 is 4.09. The fourth-order valence-electron chi connectivity index (χ4n) is 6.61. The molecule has 0 atom stereocenters. The second kappa shape index (κ2) is 8.50. The first-order chi connectivity index (χ1) is 19.8. The number of rotatable bonds is 2. The summed E-state index contributed by atoms with van der Waals surface area (Å²) in [5.41, 5.74) is 5.21. The molecule has 0 nitrogen and oxygen atoms in total. The summed E-state index contributed by atoms with van der Waals surface area (Å²) in [6.07, 6.45) is 0. The molecule has 2 heteroatoms. The summed E-state index contributed by atoms with van der Waals surface area (Å²) in [5.74, 6) is 0. The van der Waals surface area contributed by atoms with Crippen molar-refractivity contribution in [3.8, 4) is 22.3 Å². The highest BCUT2D eigenvalue weighted by molar-refractivity contribution is 7.27. The Balaban J connectivity index is 1.44. The molecule has 0 aliphatic carbocycles. The molecule has 0 N–H and O–H groups in total. The second-order valence-corrected chi connectivity index (χ2v) is 12.5. The van der Waals surface area contributed by atoms with Gasteiger partial charge in [0.1, 0.15) is 0 Å². The molecule has 0 radical (unpaired) electrons. The van der Waals surface area contributed by atoms with Gasteiger partial charge in [-0.25, -0.2) is 0 Å². The van der Waals surface area contributed by atoms with Gasteiger partial charge in [0, 0.05) is 30.3 Å². The molecule has 0 saturated carbocycles. The first kappa shape index (κ1) is 22.3. The topological polar surface area (TPSA) is 0 Å². The molecule has 9 aromatic rings. The van der Waals surface area contributed by atoms with Gasteiger partial charge < -0.3 is 0 Å². The predicted octanol–water partition coefficient (Wildman–Crippen LogP) is 12.1. The molecule has 40 heavy (non-hydrogen) atoms. The summed E-state index contributed by atoms with van der Waals surface area (Å²) in [6, 6.07) is 47.3. The number of thiophene rings is 2. The van der Waals surface area contributed by atoms with Crippen LogP contribution in [0.25, 0.3) is 84.8 Å². The molecule has 0 aliphatic rings. The Hall–Kier alpha value is -4.50. The minimum atomic E-state index is 1.26. The van der Waals surface area contributed by atoms with Crippen molar-refractivity contribution in [2.24, 2.45) is 0 Å². The van der Waals surface area contributed by atoms with E-state index in [9.17, 15) is 0 Å². The smallest absolute Gasteiger partial charge is 0.0442 e. The summed E-state index contributed by atoms with van der Waals surface area (Å²) in [5, 5.41) is 14.0. The van der Waals surface area contributed by atoms with Crippen molar-refractivity contribution >= 4 is 85.2 Å². The summed E-state index contributed by atoms with van der Waals surface area (Å²) in [6.45, 7) is 0. The van der Waals surface area contributed by atoms with Crippen molar-refractivity contribution in [3.05, 3.63) is 133 Å². The van der Waals surface area contributed by atoms with Gasteiger partial charge in [0.15, 0.2) is 0 Å². The Morgan fingerprint density at radius 2 is 1.12 bits per heavy atom. The van der Waals surface area contributed by atoms with Crippen molar-refractivity contribution < 1.29 is 0 Å². The van der Waals surface area contributed by atoms with E-state index in [1.54, 1.807) is 0 Å². The standard InChI is InChI=1S/C38H22S2/c1-2-9-24-22-25(17-16-23(24)8-1)35-26-10-3-5-12-28(26)36(29-13-6-4-11-27(29)35)31-14-7-15-34-37(31)32-18-19-33-30(20-21-39-33)38(32)40-34/h1-22H. The lowest BCUT2D eigenvalue weighted by molar-refractivity contribution is 1.69. The van der Waals surface area contributed by atoms with Gasteiger partial charge in [-0.2, -0.15) is 0 Å². The predicted molar refractivity (Wildman–Crippen MR) is 178 cm³/mol. The van der Waals surface area contributed by atoms with Gasteiger partial charge in [0.05, 0.1) is 0 Å². The van der Waals surface area contributed by atoms with Gasteiger partial charge in [-0.05, 0) is 84.2 Å². The third-order valence-electron chi connectivity index (χ3n) is 8.33. The average molecular weight is 543 g/mol. The summed E-state index contributed by atoms with van der Waals surface area (Å²) >= 11 is 3.75. The van der Waals surface area contributed by atoms with Crippen LogP contribution in [-0.4, -0.2) is 0 Å². The zero-order valence-electron chi connectivity index (χ0n) is 21.5. The Kier molecular flexibility index (Phi) is 4.74. The number of fused-ring (bicyclic) bond motifs is 8. The minimum absolute atomic E-state index is 1.26. The van der Waals surface area contributed by atoms with Gasteiger partial charge in [-0.3, -0.25) is 0 Å². The van der Waals surface area contributed by atoms with Crippen molar-refractivity contribution in [2.75, 3.05) is 0 Å². The maximum Gasteiger partial charge on any atom is 0.0442 e. The zero-order chi connectivity index (χ0) is 26.2. The van der Waals surface area contributed by atoms with Crippen molar-refractivity contribution in [1.82, 2.24) is 0 Å². The second-order valence-electron chi connectivity index (χ2n) is 10.5. The van der Waals surface area contributed by atoms with Crippen LogP contribution in [0.15, 0.2) is 133 Å². The van der Waals surface area contributed by atoms with Gasteiger partial charge in [0.2, 0.25) is 0 Å². The fourth-order valence-corrected chi connectivity index (χ4v) is 8.73. The molecule has 0 aliphatic heterocycles. The molecule has 0 unspecified atom stereocenters. The van der Waals surface area contributed by atoms with Crippen molar-refractivity contribution in [1.29, 1.82) is 0 Å². The first-order valence-corrected chi connectivity index (χ1v) is 15.3.